The molecular weight excluding hydrogens is 340 g/mol. The maximum atomic E-state index is 12.1. The van der Waals surface area contributed by atoms with E-state index in [9.17, 15) is 4.79 Å². The van der Waals surface area contributed by atoms with Crippen LogP contribution in [0.15, 0.2) is 47.2 Å². The number of aromatic nitrogens is 1. The molecule has 20 heavy (non-hydrogen) atoms. The summed E-state index contributed by atoms with van der Waals surface area (Å²) in [5, 5.41) is 3.68. The highest BCUT2D eigenvalue weighted by Gasteiger charge is 2.12. The molecule has 1 atom stereocenters. The zero-order valence-corrected chi connectivity index (χ0v) is 13.3. The highest BCUT2D eigenvalue weighted by Crippen LogP contribution is 2.16. The zero-order valence-electron chi connectivity index (χ0n) is 10.9. The van der Waals surface area contributed by atoms with Crippen molar-refractivity contribution in [3.63, 3.8) is 0 Å². The summed E-state index contributed by atoms with van der Waals surface area (Å²) in [5.74, 6) is -0.118. The zero-order chi connectivity index (χ0) is 14.5. The minimum atomic E-state index is -0.118. The summed E-state index contributed by atoms with van der Waals surface area (Å²) in [7, 11) is 0. The highest BCUT2D eigenvalue weighted by molar-refractivity contribution is 9.10. The Morgan fingerprint density at radius 2 is 2.15 bits per heavy atom. The molecule has 0 saturated heterocycles. The van der Waals surface area contributed by atoms with E-state index in [0.717, 1.165) is 10.6 Å². The average molecular weight is 354 g/mol. The first-order valence-electron chi connectivity index (χ1n) is 6.22. The van der Waals surface area contributed by atoms with E-state index in [4.69, 9.17) is 11.6 Å². The van der Waals surface area contributed by atoms with E-state index >= 15 is 0 Å². The molecule has 5 heteroatoms. The maximum Gasteiger partial charge on any atom is 0.251 e. The fraction of sp³-hybridized carbons (Fsp3) is 0.200. The summed E-state index contributed by atoms with van der Waals surface area (Å²) in [6.45, 7) is 1.96. The van der Waals surface area contributed by atoms with Crippen LogP contribution in [0, 0.1) is 0 Å². The Morgan fingerprint density at radius 1 is 1.40 bits per heavy atom. The van der Waals surface area contributed by atoms with Crippen LogP contribution in [0.3, 0.4) is 0 Å². The minimum Gasteiger partial charge on any atom is -0.349 e. The van der Waals surface area contributed by atoms with Gasteiger partial charge in [0.1, 0.15) is 4.60 Å². The van der Waals surface area contributed by atoms with Gasteiger partial charge >= 0.3 is 0 Å². The summed E-state index contributed by atoms with van der Waals surface area (Å²) in [4.78, 5) is 16.1. The van der Waals surface area contributed by atoms with Gasteiger partial charge in [0.2, 0.25) is 0 Å². The van der Waals surface area contributed by atoms with E-state index in [1.807, 2.05) is 31.2 Å². The standard InChI is InChI=1S/C15H14BrClN2O/c1-10(8-11-4-2-3-5-13(11)17)19-15(20)12-6-7-18-14(16)9-12/h2-7,9-10H,8H2,1H3,(H,19,20). The van der Waals surface area contributed by atoms with Crippen LogP contribution in [0.4, 0.5) is 0 Å². The van der Waals surface area contributed by atoms with Gasteiger partial charge in [0, 0.05) is 22.8 Å². The Morgan fingerprint density at radius 3 is 2.85 bits per heavy atom. The van der Waals surface area contributed by atoms with Crippen LogP contribution in [0.2, 0.25) is 5.02 Å². The molecule has 0 aliphatic rings. The smallest absolute Gasteiger partial charge is 0.251 e. The van der Waals surface area contributed by atoms with E-state index in [-0.39, 0.29) is 11.9 Å². The van der Waals surface area contributed by atoms with Gasteiger partial charge in [-0.1, -0.05) is 29.8 Å². The van der Waals surface area contributed by atoms with Crippen LogP contribution in [-0.2, 0) is 6.42 Å². The van der Waals surface area contributed by atoms with Crippen molar-refractivity contribution in [2.45, 2.75) is 19.4 Å². The molecule has 0 saturated carbocycles. The summed E-state index contributed by atoms with van der Waals surface area (Å²) in [6, 6.07) is 11.0. The molecule has 0 aliphatic carbocycles. The van der Waals surface area contributed by atoms with Gasteiger partial charge in [-0.25, -0.2) is 4.98 Å². The molecule has 0 bridgehead atoms. The van der Waals surface area contributed by atoms with Gasteiger partial charge in [-0.2, -0.15) is 0 Å². The third kappa shape index (κ3) is 4.05. The number of amides is 1. The second-order valence-corrected chi connectivity index (χ2v) is 5.76. The number of nitrogens with one attached hydrogen (secondary N) is 1. The quantitative estimate of drug-likeness (QED) is 0.848. The lowest BCUT2D eigenvalue weighted by atomic mass is 10.1. The van der Waals surface area contributed by atoms with Gasteiger partial charge in [0.15, 0.2) is 0 Å². The largest absolute Gasteiger partial charge is 0.349 e. The van der Waals surface area contributed by atoms with Crippen molar-refractivity contribution < 1.29 is 4.79 Å². The molecule has 2 aromatic rings. The SMILES string of the molecule is CC(Cc1ccccc1Cl)NC(=O)c1ccnc(Br)c1. The van der Waals surface area contributed by atoms with Crippen LogP contribution in [0.1, 0.15) is 22.8 Å². The number of carbonyl (C=O) groups excluding carboxylic acids is 1. The third-order valence-electron chi connectivity index (χ3n) is 2.85. The molecule has 1 amide bonds. The molecule has 1 N–H and O–H groups in total. The fourth-order valence-electron chi connectivity index (χ4n) is 1.90. The Labute approximate surface area is 131 Å². The monoisotopic (exact) mass is 352 g/mol. The van der Waals surface area contributed by atoms with E-state index in [2.05, 4.69) is 26.2 Å². The first kappa shape index (κ1) is 15.0. The molecule has 0 spiro atoms. The molecule has 104 valence electrons. The Kier molecular flexibility index (Phi) is 5.15. The number of nitrogens with zero attached hydrogens (tertiary/aromatic N) is 1. The third-order valence-corrected chi connectivity index (χ3v) is 3.65. The van der Waals surface area contributed by atoms with E-state index in [1.165, 1.54) is 0 Å². The predicted octanol–water partition coefficient (Wildman–Crippen LogP) is 3.86. The molecule has 1 aromatic carbocycles. The highest BCUT2D eigenvalue weighted by atomic mass is 79.9. The Bertz CT molecular complexity index is 618. The van der Waals surface area contributed by atoms with Crippen LogP contribution < -0.4 is 5.32 Å². The number of rotatable bonds is 4. The van der Waals surface area contributed by atoms with Crippen molar-refractivity contribution in [1.82, 2.24) is 10.3 Å². The molecule has 0 fully saturated rings. The van der Waals surface area contributed by atoms with Gasteiger partial charge in [-0.05, 0) is 53.0 Å². The lowest BCUT2D eigenvalue weighted by Crippen LogP contribution is -2.34. The van der Waals surface area contributed by atoms with Gasteiger partial charge in [-0.3, -0.25) is 4.79 Å². The fourth-order valence-corrected chi connectivity index (χ4v) is 2.47. The normalized spacial score (nSPS) is 11.9. The number of halogens is 2. The summed E-state index contributed by atoms with van der Waals surface area (Å²) < 4.78 is 0.643. The lowest BCUT2D eigenvalue weighted by molar-refractivity contribution is 0.0940. The van der Waals surface area contributed by atoms with Gasteiger partial charge < -0.3 is 5.32 Å². The second-order valence-electron chi connectivity index (χ2n) is 4.54. The molecular formula is C15H14BrClN2O. The number of carbonyl (C=O) groups is 1. The van der Waals surface area contributed by atoms with E-state index in [0.29, 0.717) is 16.6 Å². The molecule has 2 rings (SSSR count). The number of benzene rings is 1. The molecule has 0 aliphatic heterocycles. The van der Waals surface area contributed by atoms with Crippen molar-refractivity contribution >= 4 is 33.4 Å². The van der Waals surface area contributed by atoms with Crippen LogP contribution in [0.5, 0.6) is 0 Å². The van der Waals surface area contributed by atoms with Crippen molar-refractivity contribution in [2.75, 3.05) is 0 Å². The van der Waals surface area contributed by atoms with Crippen molar-refractivity contribution in [3.05, 3.63) is 63.3 Å². The van der Waals surface area contributed by atoms with Crippen molar-refractivity contribution in [2.24, 2.45) is 0 Å². The average Bonchev–Trinajstić information content (AvgIpc) is 2.41. The van der Waals surface area contributed by atoms with Crippen LogP contribution >= 0.6 is 27.5 Å². The predicted molar refractivity (Wildman–Crippen MR) is 84.0 cm³/mol. The van der Waals surface area contributed by atoms with E-state index < -0.39 is 0 Å². The molecule has 1 aromatic heterocycles. The molecule has 3 nitrogen and oxygen atoms in total. The van der Waals surface area contributed by atoms with Crippen molar-refractivity contribution in [3.8, 4) is 0 Å². The summed E-state index contributed by atoms with van der Waals surface area (Å²) in [5.41, 5.74) is 1.61. The number of hydrogen-bond donors (Lipinski definition) is 1. The first-order chi connectivity index (χ1) is 9.56. The Hall–Kier alpha value is -1.39. The first-order valence-corrected chi connectivity index (χ1v) is 7.39. The number of pyridine rings is 1. The summed E-state index contributed by atoms with van der Waals surface area (Å²) >= 11 is 9.37. The molecule has 1 unspecified atom stereocenters. The topological polar surface area (TPSA) is 42.0 Å². The lowest BCUT2D eigenvalue weighted by Gasteiger charge is -2.15. The van der Waals surface area contributed by atoms with E-state index in [1.54, 1.807) is 18.3 Å². The van der Waals surface area contributed by atoms with Crippen LogP contribution in [-0.4, -0.2) is 16.9 Å². The molecule has 0 radical (unpaired) electrons. The minimum absolute atomic E-state index is 0.00524. The van der Waals surface area contributed by atoms with Crippen LogP contribution in [0.25, 0.3) is 0 Å². The molecule has 1 heterocycles. The van der Waals surface area contributed by atoms with Gasteiger partial charge in [0.05, 0.1) is 0 Å². The number of hydrogen-bond acceptors (Lipinski definition) is 2. The van der Waals surface area contributed by atoms with Gasteiger partial charge in [-0.15, -0.1) is 0 Å². The van der Waals surface area contributed by atoms with Gasteiger partial charge in [0.25, 0.3) is 5.91 Å². The summed E-state index contributed by atoms with van der Waals surface area (Å²) in [6.07, 6.45) is 2.29. The van der Waals surface area contributed by atoms with Crippen molar-refractivity contribution in [1.29, 1.82) is 0 Å². The second kappa shape index (κ2) is 6.86. The maximum absolute atomic E-state index is 12.1. The Balaban J connectivity index is 2.00.